The predicted molar refractivity (Wildman–Crippen MR) is 86.8 cm³/mol. The highest BCUT2D eigenvalue weighted by Gasteiger charge is 2.18. The zero-order valence-electron chi connectivity index (χ0n) is 13.1. The first-order chi connectivity index (χ1) is 9.51. The Hall–Kier alpha value is -1.41. The van der Waals surface area contributed by atoms with Crippen LogP contribution in [0.4, 0.5) is 0 Å². The zero-order valence-corrected chi connectivity index (χ0v) is 13.1. The lowest BCUT2D eigenvalue weighted by Crippen LogP contribution is -2.23. The lowest BCUT2D eigenvalue weighted by molar-refractivity contribution is 0.332. The number of hydrogen-bond donors (Lipinski definition) is 1. The Morgan fingerprint density at radius 3 is 2.60 bits per heavy atom. The largest absolute Gasteiger partial charge is 0.309 e. The summed E-state index contributed by atoms with van der Waals surface area (Å²) in [6.07, 6.45) is 4.24. The molecule has 2 aromatic rings. The van der Waals surface area contributed by atoms with Crippen molar-refractivity contribution in [1.29, 1.82) is 0 Å². The summed E-state index contributed by atoms with van der Waals surface area (Å²) in [4.78, 5) is 4.66. The van der Waals surface area contributed by atoms with E-state index < -0.39 is 0 Å². The molecule has 20 heavy (non-hydrogen) atoms. The SMILES string of the molecule is CCNC(CCC(C)(C)C)c1nccc2ccccc12. The molecular weight excluding hydrogens is 244 g/mol. The Morgan fingerprint density at radius 2 is 1.90 bits per heavy atom. The molecule has 2 heteroatoms. The molecule has 2 rings (SSSR count). The Kier molecular flexibility index (Phi) is 4.77. The van der Waals surface area contributed by atoms with Gasteiger partial charge in [0.25, 0.3) is 0 Å². The van der Waals surface area contributed by atoms with Gasteiger partial charge in [0.1, 0.15) is 0 Å². The quantitative estimate of drug-likeness (QED) is 0.851. The fraction of sp³-hybridized carbons (Fsp3) is 0.500. The van der Waals surface area contributed by atoms with Gasteiger partial charge in [0.15, 0.2) is 0 Å². The topological polar surface area (TPSA) is 24.9 Å². The van der Waals surface area contributed by atoms with E-state index in [4.69, 9.17) is 0 Å². The molecule has 0 bridgehead atoms. The fourth-order valence-electron chi connectivity index (χ4n) is 2.58. The summed E-state index contributed by atoms with van der Waals surface area (Å²) in [7, 11) is 0. The maximum absolute atomic E-state index is 4.66. The molecule has 0 fully saturated rings. The van der Waals surface area contributed by atoms with E-state index in [1.165, 1.54) is 22.9 Å². The van der Waals surface area contributed by atoms with Crippen molar-refractivity contribution in [1.82, 2.24) is 10.3 Å². The summed E-state index contributed by atoms with van der Waals surface area (Å²) >= 11 is 0. The molecule has 0 amide bonds. The van der Waals surface area contributed by atoms with Crippen molar-refractivity contribution in [2.75, 3.05) is 6.54 Å². The van der Waals surface area contributed by atoms with Crippen LogP contribution in [-0.4, -0.2) is 11.5 Å². The second-order valence-corrected chi connectivity index (χ2v) is 6.63. The van der Waals surface area contributed by atoms with Crippen LogP contribution in [0.2, 0.25) is 0 Å². The minimum atomic E-state index is 0.338. The highest BCUT2D eigenvalue weighted by Crippen LogP contribution is 2.29. The van der Waals surface area contributed by atoms with Gasteiger partial charge in [0.2, 0.25) is 0 Å². The lowest BCUT2D eigenvalue weighted by atomic mass is 9.87. The van der Waals surface area contributed by atoms with Gasteiger partial charge in [-0.25, -0.2) is 0 Å². The van der Waals surface area contributed by atoms with Crippen LogP contribution >= 0.6 is 0 Å². The molecule has 2 nitrogen and oxygen atoms in total. The number of aromatic nitrogens is 1. The maximum Gasteiger partial charge on any atom is 0.0651 e. The molecule has 0 saturated heterocycles. The van der Waals surface area contributed by atoms with Crippen LogP contribution in [0, 0.1) is 5.41 Å². The molecule has 0 spiro atoms. The van der Waals surface area contributed by atoms with Crippen LogP contribution in [0.25, 0.3) is 10.8 Å². The van der Waals surface area contributed by atoms with Crippen molar-refractivity contribution in [3.05, 3.63) is 42.2 Å². The van der Waals surface area contributed by atoms with Gasteiger partial charge in [-0.05, 0) is 36.3 Å². The smallest absolute Gasteiger partial charge is 0.0651 e. The lowest BCUT2D eigenvalue weighted by Gasteiger charge is -2.24. The molecule has 108 valence electrons. The second kappa shape index (κ2) is 6.36. The summed E-state index contributed by atoms with van der Waals surface area (Å²) in [5.41, 5.74) is 1.55. The summed E-state index contributed by atoms with van der Waals surface area (Å²) in [6, 6.07) is 11.0. The third-order valence-corrected chi connectivity index (χ3v) is 3.67. The van der Waals surface area contributed by atoms with Gasteiger partial charge in [0.05, 0.1) is 11.7 Å². The molecule has 0 radical (unpaired) electrons. The number of hydrogen-bond acceptors (Lipinski definition) is 2. The summed E-state index contributed by atoms with van der Waals surface area (Å²) < 4.78 is 0. The Balaban J connectivity index is 2.31. The number of pyridine rings is 1. The fourth-order valence-corrected chi connectivity index (χ4v) is 2.58. The highest BCUT2D eigenvalue weighted by atomic mass is 14.9. The van der Waals surface area contributed by atoms with Crippen molar-refractivity contribution in [2.45, 2.75) is 46.6 Å². The van der Waals surface area contributed by atoms with Gasteiger partial charge in [-0.3, -0.25) is 4.98 Å². The standard InChI is InChI=1S/C18H26N2/c1-5-19-16(10-12-18(2,3)4)17-15-9-7-6-8-14(15)11-13-20-17/h6-9,11,13,16,19H,5,10,12H2,1-4H3. The van der Waals surface area contributed by atoms with E-state index in [1.54, 1.807) is 0 Å². The van der Waals surface area contributed by atoms with Crippen molar-refractivity contribution < 1.29 is 0 Å². The van der Waals surface area contributed by atoms with E-state index in [-0.39, 0.29) is 0 Å². The first-order valence-electron chi connectivity index (χ1n) is 7.58. The molecule has 0 saturated carbocycles. The van der Waals surface area contributed by atoms with E-state index in [0.717, 1.165) is 13.0 Å². The van der Waals surface area contributed by atoms with Crippen LogP contribution in [0.5, 0.6) is 0 Å². The van der Waals surface area contributed by atoms with Crippen LogP contribution in [-0.2, 0) is 0 Å². The number of benzene rings is 1. The van der Waals surface area contributed by atoms with Gasteiger partial charge in [-0.1, -0.05) is 52.0 Å². The average molecular weight is 270 g/mol. The highest BCUT2D eigenvalue weighted by molar-refractivity contribution is 5.84. The summed E-state index contributed by atoms with van der Waals surface area (Å²) in [5, 5.41) is 6.15. The molecule has 1 atom stereocenters. The first-order valence-corrected chi connectivity index (χ1v) is 7.58. The predicted octanol–water partition coefficient (Wildman–Crippen LogP) is 4.71. The molecule has 1 aromatic carbocycles. The monoisotopic (exact) mass is 270 g/mol. The van der Waals surface area contributed by atoms with E-state index in [0.29, 0.717) is 11.5 Å². The summed E-state index contributed by atoms with van der Waals surface area (Å²) in [5.74, 6) is 0. The third-order valence-electron chi connectivity index (χ3n) is 3.67. The van der Waals surface area contributed by atoms with Gasteiger partial charge in [-0.15, -0.1) is 0 Å². The Labute approximate surface area is 122 Å². The second-order valence-electron chi connectivity index (χ2n) is 6.63. The van der Waals surface area contributed by atoms with E-state index >= 15 is 0 Å². The van der Waals surface area contributed by atoms with E-state index in [2.05, 4.69) is 68.3 Å². The number of fused-ring (bicyclic) bond motifs is 1. The minimum absolute atomic E-state index is 0.338. The molecule has 0 aliphatic carbocycles. The minimum Gasteiger partial charge on any atom is -0.309 e. The molecule has 0 aliphatic heterocycles. The number of nitrogens with zero attached hydrogens (tertiary/aromatic N) is 1. The number of nitrogens with one attached hydrogen (secondary N) is 1. The van der Waals surface area contributed by atoms with Crippen LogP contribution in [0.1, 0.15) is 52.3 Å². The third kappa shape index (κ3) is 3.80. The van der Waals surface area contributed by atoms with Crippen LogP contribution in [0.15, 0.2) is 36.5 Å². The van der Waals surface area contributed by atoms with Crippen molar-refractivity contribution >= 4 is 10.8 Å². The maximum atomic E-state index is 4.66. The van der Waals surface area contributed by atoms with Crippen LogP contribution < -0.4 is 5.32 Å². The molecule has 1 aromatic heterocycles. The number of rotatable bonds is 5. The van der Waals surface area contributed by atoms with Crippen molar-refractivity contribution in [3.63, 3.8) is 0 Å². The van der Waals surface area contributed by atoms with Crippen molar-refractivity contribution in [3.8, 4) is 0 Å². The van der Waals surface area contributed by atoms with Gasteiger partial charge >= 0.3 is 0 Å². The van der Waals surface area contributed by atoms with Gasteiger partial charge < -0.3 is 5.32 Å². The van der Waals surface area contributed by atoms with E-state index in [9.17, 15) is 0 Å². The van der Waals surface area contributed by atoms with Gasteiger partial charge in [-0.2, -0.15) is 0 Å². The molecule has 1 unspecified atom stereocenters. The first kappa shape index (κ1) is 15.0. The molecule has 1 heterocycles. The Bertz CT molecular complexity index is 549. The normalized spacial score (nSPS) is 13.6. The molecule has 0 aliphatic rings. The molecule has 1 N–H and O–H groups in total. The Morgan fingerprint density at radius 1 is 1.15 bits per heavy atom. The van der Waals surface area contributed by atoms with Crippen LogP contribution in [0.3, 0.4) is 0 Å². The van der Waals surface area contributed by atoms with Crippen molar-refractivity contribution in [2.24, 2.45) is 5.41 Å². The molecular formula is C18H26N2. The average Bonchev–Trinajstić information content (AvgIpc) is 2.42. The zero-order chi connectivity index (χ0) is 14.6. The van der Waals surface area contributed by atoms with Gasteiger partial charge in [0, 0.05) is 11.6 Å². The van der Waals surface area contributed by atoms with E-state index in [1.807, 2.05) is 6.20 Å². The summed E-state index contributed by atoms with van der Waals surface area (Å²) in [6.45, 7) is 10.0.